The summed E-state index contributed by atoms with van der Waals surface area (Å²) in [5, 5.41) is 22.4. The number of carbonyl (C=O) groups is 4. The zero-order chi connectivity index (χ0) is 24.9. The zero-order valence-corrected chi connectivity index (χ0v) is 18.3. The van der Waals surface area contributed by atoms with Crippen molar-refractivity contribution in [2.45, 2.75) is 18.4 Å². The van der Waals surface area contributed by atoms with Crippen molar-refractivity contribution in [1.29, 1.82) is 5.41 Å². The Labute approximate surface area is 195 Å². The highest BCUT2D eigenvalue weighted by atomic mass is 16.4. The average Bonchev–Trinajstić information content (AvgIpc) is 2.80. The molecule has 0 aromatic heterocycles. The van der Waals surface area contributed by atoms with Crippen molar-refractivity contribution >= 4 is 35.2 Å². The van der Waals surface area contributed by atoms with Crippen LogP contribution in [0.15, 0.2) is 48.5 Å². The third kappa shape index (κ3) is 5.14. The van der Waals surface area contributed by atoms with E-state index in [-0.39, 0.29) is 31.9 Å². The number of amides is 3. The Balaban J connectivity index is 1.89. The molecule has 8 N–H and O–H groups in total. The molecular weight excluding hydrogens is 440 g/mol. The molecule has 34 heavy (non-hydrogen) atoms. The van der Waals surface area contributed by atoms with Gasteiger partial charge < -0.3 is 32.1 Å². The number of nitrogens with two attached hydrogens (primary N) is 2. The van der Waals surface area contributed by atoms with E-state index >= 15 is 0 Å². The molecule has 1 atom stereocenters. The van der Waals surface area contributed by atoms with Crippen LogP contribution in [0.2, 0.25) is 0 Å². The van der Waals surface area contributed by atoms with Gasteiger partial charge >= 0.3 is 17.8 Å². The van der Waals surface area contributed by atoms with Crippen molar-refractivity contribution in [1.82, 2.24) is 15.5 Å². The molecule has 0 saturated carbocycles. The van der Waals surface area contributed by atoms with Gasteiger partial charge in [0.2, 0.25) is 0 Å². The molecule has 1 aliphatic rings. The first kappa shape index (κ1) is 24.2. The number of carboxylic acid groups (broad SMARTS) is 1. The van der Waals surface area contributed by atoms with Crippen molar-refractivity contribution in [3.05, 3.63) is 65.2 Å². The molecule has 1 fully saturated rings. The predicted octanol–water partition coefficient (Wildman–Crippen LogP) is 0.00137. The molecule has 0 spiro atoms. The van der Waals surface area contributed by atoms with Crippen LogP contribution in [0.25, 0.3) is 0 Å². The highest BCUT2D eigenvalue weighted by Crippen LogP contribution is 2.37. The third-order valence-electron chi connectivity index (χ3n) is 5.75. The summed E-state index contributed by atoms with van der Waals surface area (Å²) in [6, 6.07) is 12.6. The standard InChI is InChI=1S/C23H26N6O5/c24-17-7-5-16(6-8-17)23(13-18(30)31,29-12-11-28-21(33)22(29)34)9-10-27-20(32)15-3-1-14(2-4-15)19(25)26/h1-8H,9-13,24H2,(H3,25,26)(H,27,32)(H,28,33)(H,30,31). The van der Waals surface area contributed by atoms with E-state index in [4.69, 9.17) is 16.9 Å². The van der Waals surface area contributed by atoms with E-state index in [0.29, 0.717) is 22.4 Å². The molecule has 1 aliphatic heterocycles. The van der Waals surface area contributed by atoms with Crippen LogP contribution in [-0.4, -0.2) is 59.2 Å². The van der Waals surface area contributed by atoms with Crippen molar-refractivity contribution in [2.75, 3.05) is 25.4 Å². The summed E-state index contributed by atoms with van der Waals surface area (Å²) in [6.07, 6.45) is -0.432. The molecule has 2 aromatic rings. The molecule has 11 heteroatoms. The number of nitrogen functional groups attached to an aromatic ring is 2. The number of nitrogens with one attached hydrogen (secondary N) is 3. The lowest BCUT2D eigenvalue weighted by Crippen LogP contribution is -2.61. The SMILES string of the molecule is N=C(N)c1ccc(C(=O)NCCC(CC(=O)O)(c2ccc(N)cc2)N2CCNC(=O)C2=O)cc1. The molecule has 1 saturated heterocycles. The highest BCUT2D eigenvalue weighted by Gasteiger charge is 2.46. The average molecular weight is 466 g/mol. The lowest BCUT2D eigenvalue weighted by atomic mass is 9.80. The minimum Gasteiger partial charge on any atom is -0.481 e. The first-order valence-electron chi connectivity index (χ1n) is 10.5. The van der Waals surface area contributed by atoms with Crippen molar-refractivity contribution < 1.29 is 24.3 Å². The minimum absolute atomic E-state index is 0.0242. The molecule has 11 nitrogen and oxygen atoms in total. The largest absolute Gasteiger partial charge is 0.481 e. The van der Waals surface area contributed by atoms with Gasteiger partial charge in [-0.1, -0.05) is 24.3 Å². The summed E-state index contributed by atoms with van der Waals surface area (Å²) in [7, 11) is 0. The van der Waals surface area contributed by atoms with E-state index in [9.17, 15) is 24.3 Å². The zero-order valence-electron chi connectivity index (χ0n) is 18.3. The van der Waals surface area contributed by atoms with E-state index in [2.05, 4.69) is 10.6 Å². The number of nitrogens with zero attached hydrogens (tertiary/aromatic N) is 1. The van der Waals surface area contributed by atoms with Crippen molar-refractivity contribution in [3.8, 4) is 0 Å². The number of carboxylic acids is 1. The van der Waals surface area contributed by atoms with Gasteiger partial charge in [-0.15, -0.1) is 0 Å². The number of anilines is 1. The number of aliphatic carboxylic acids is 1. The van der Waals surface area contributed by atoms with Gasteiger partial charge in [0.25, 0.3) is 5.91 Å². The maximum atomic E-state index is 12.8. The molecule has 3 amide bonds. The van der Waals surface area contributed by atoms with Crippen molar-refractivity contribution in [3.63, 3.8) is 0 Å². The van der Waals surface area contributed by atoms with Crippen LogP contribution in [0.1, 0.15) is 34.3 Å². The Bertz CT molecular complexity index is 1120. The van der Waals surface area contributed by atoms with Gasteiger partial charge in [-0.2, -0.15) is 0 Å². The fourth-order valence-electron chi connectivity index (χ4n) is 4.04. The summed E-state index contributed by atoms with van der Waals surface area (Å²) in [4.78, 5) is 50.7. The second kappa shape index (κ2) is 10.0. The number of amidine groups is 1. The van der Waals surface area contributed by atoms with Crippen LogP contribution < -0.4 is 22.1 Å². The number of piperazine rings is 1. The fourth-order valence-corrected chi connectivity index (χ4v) is 4.04. The third-order valence-corrected chi connectivity index (χ3v) is 5.75. The summed E-state index contributed by atoms with van der Waals surface area (Å²) >= 11 is 0. The molecule has 0 radical (unpaired) electrons. The summed E-state index contributed by atoms with van der Waals surface area (Å²) in [6.45, 7) is 0.314. The lowest BCUT2D eigenvalue weighted by molar-refractivity contribution is -0.156. The second-order valence-corrected chi connectivity index (χ2v) is 7.93. The lowest BCUT2D eigenvalue weighted by Gasteiger charge is -2.45. The van der Waals surface area contributed by atoms with Gasteiger partial charge in [-0.25, -0.2) is 0 Å². The van der Waals surface area contributed by atoms with Gasteiger partial charge in [0.15, 0.2) is 0 Å². The predicted molar refractivity (Wildman–Crippen MR) is 124 cm³/mol. The normalized spacial score (nSPS) is 15.2. The monoisotopic (exact) mass is 466 g/mol. The van der Waals surface area contributed by atoms with Crippen LogP contribution >= 0.6 is 0 Å². The van der Waals surface area contributed by atoms with Gasteiger partial charge in [-0.05, 0) is 36.2 Å². The Morgan fingerprint density at radius 1 is 1.09 bits per heavy atom. The van der Waals surface area contributed by atoms with Gasteiger partial charge in [0.1, 0.15) is 5.84 Å². The molecule has 1 unspecified atom stereocenters. The first-order valence-corrected chi connectivity index (χ1v) is 10.5. The number of carbonyl (C=O) groups excluding carboxylic acids is 3. The summed E-state index contributed by atoms with van der Waals surface area (Å²) in [5.41, 5.74) is 11.6. The van der Waals surface area contributed by atoms with E-state index < -0.39 is 35.7 Å². The van der Waals surface area contributed by atoms with Crippen LogP contribution in [0, 0.1) is 5.41 Å². The summed E-state index contributed by atoms with van der Waals surface area (Å²) < 4.78 is 0. The topological polar surface area (TPSA) is 192 Å². The number of rotatable bonds is 9. The van der Waals surface area contributed by atoms with Crippen LogP contribution in [0.4, 0.5) is 5.69 Å². The number of hydrogen-bond donors (Lipinski definition) is 6. The van der Waals surface area contributed by atoms with E-state index in [1.807, 2.05) is 0 Å². The van der Waals surface area contributed by atoms with Crippen LogP contribution in [0.3, 0.4) is 0 Å². The van der Waals surface area contributed by atoms with Gasteiger partial charge in [-0.3, -0.25) is 24.6 Å². The maximum Gasteiger partial charge on any atom is 0.312 e. The second-order valence-electron chi connectivity index (χ2n) is 7.93. The van der Waals surface area contributed by atoms with Crippen LogP contribution in [0.5, 0.6) is 0 Å². The molecule has 178 valence electrons. The molecule has 0 bridgehead atoms. The summed E-state index contributed by atoms with van der Waals surface area (Å²) in [5.74, 6) is -3.35. The van der Waals surface area contributed by atoms with E-state index in [0.717, 1.165) is 0 Å². The van der Waals surface area contributed by atoms with Crippen molar-refractivity contribution in [2.24, 2.45) is 5.73 Å². The quantitative estimate of drug-likeness (QED) is 0.130. The molecule has 2 aromatic carbocycles. The van der Waals surface area contributed by atoms with Crippen LogP contribution in [-0.2, 0) is 19.9 Å². The Kier molecular flexibility index (Phi) is 7.15. The van der Waals surface area contributed by atoms with Gasteiger partial charge in [0, 0.05) is 36.4 Å². The Hall–Kier alpha value is -4.41. The van der Waals surface area contributed by atoms with E-state index in [1.165, 1.54) is 17.0 Å². The smallest absolute Gasteiger partial charge is 0.312 e. The molecule has 3 rings (SSSR count). The number of hydrogen-bond acceptors (Lipinski definition) is 6. The highest BCUT2D eigenvalue weighted by molar-refractivity contribution is 6.35. The fraction of sp³-hybridized carbons (Fsp3) is 0.261. The molecular formula is C23H26N6O5. The van der Waals surface area contributed by atoms with E-state index in [1.54, 1.807) is 36.4 Å². The first-order chi connectivity index (χ1) is 16.1. The maximum absolute atomic E-state index is 12.8. The minimum atomic E-state index is -1.39. The molecule has 0 aliphatic carbocycles. The Morgan fingerprint density at radius 3 is 2.29 bits per heavy atom. The Morgan fingerprint density at radius 2 is 1.71 bits per heavy atom. The molecule has 1 heterocycles. The van der Waals surface area contributed by atoms with Gasteiger partial charge in [0.05, 0.1) is 12.0 Å². The number of benzene rings is 2.